The third kappa shape index (κ3) is 8.64. The first-order valence-electron chi connectivity index (χ1n) is 17.9. The second-order valence-corrected chi connectivity index (χ2v) is 14.3. The highest BCUT2D eigenvalue weighted by atomic mass is 16.5. The Morgan fingerprint density at radius 1 is 0.915 bits per heavy atom. The van der Waals surface area contributed by atoms with Crippen LogP contribution >= 0.6 is 0 Å². The highest BCUT2D eigenvalue weighted by Gasteiger charge is 2.30. The molecule has 47 heavy (non-hydrogen) atoms. The number of anilines is 1. The number of aliphatic hydroxyl groups is 1. The third-order valence-electron chi connectivity index (χ3n) is 10.8. The predicted molar refractivity (Wildman–Crippen MR) is 185 cm³/mol. The van der Waals surface area contributed by atoms with Gasteiger partial charge in [0.25, 0.3) is 0 Å². The second-order valence-electron chi connectivity index (χ2n) is 14.3. The maximum Gasteiger partial charge on any atom is 0.227 e. The van der Waals surface area contributed by atoms with Crippen LogP contribution in [-0.4, -0.2) is 53.5 Å². The molecule has 8 nitrogen and oxygen atoms in total. The van der Waals surface area contributed by atoms with Gasteiger partial charge >= 0.3 is 0 Å². The molecule has 2 N–H and O–H groups in total. The van der Waals surface area contributed by atoms with Crippen LogP contribution in [0.25, 0.3) is 11.1 Å². The van der Waals surface area contributed by atoms with Crippen molar-refractivity contribution in [2.75, 3.05) is 31.7 Å². The molecule has 0 radical (unpaired) electrons. The molecule has 6 rings (SSSR count). The number of ether oxygens (including phenoxy) is 1. The highest BCUT2D eigenvalue weighted by Crippen LogP contribution is 2.40. The fraction of sp³-hybridized carbons (Fsp3) is 0.564. The SMILES string of the molecule is COc1ccc(C2CCC(CN(C(=O)CC3CCC(CC(=O)NCCO)CC3)c3cccc(-c4cnn(C5CC5)c4)c3)CC2)cc1C. The van der Waals surface area contributed by atoms with Gasteiger partial charge in [0.1, 0.15) is 5.75 Å². The van der Waals surface area contributed by atoms with E-state index in [2.05, 4.69) is 75.6 Å². The number of aliphatic hydroxyl groups excluding tert-OH is 1. The van der Waals surface area contributed by atoms with Crippen LogP contribution in [0.4, 0.5) is 5.69 Å². The molecule has 0 saturated heterocycles. The second kappa shape index (κ2) is 15.5. The van der Waals surface area contributed by atoms with E-state index in [0.29, 0.717) is 49.1 Å². The Morgan fingerprint density at radius 2 is 1.64 bits per heavy atom. The zero-order valence-corrected chi connectivity index (χ0v) is 28.2. The quantitative estimate of drug-likeness (QED) is 0.206. The molecule has 8 heteroatoms. The molecule has 1 heterocycles. The van der Waals surface area contributed by atoms with Crippen molar-refractivity contribution in [3.8, 4) is 16.9 Å². The van der Waals surface area contributed by atoms with Crippen LogP contribution in [0.2, 0.25) is 0 Å². The van der Waals surface area contributed by atoms with E-state index in [0.717, 1.165) is 80.5 Å². The summed E-state index contributed by atoms with van der Waals surface area (Å²) in [5, 5.41) is 16.4. The first-order chi connectivity index (χ1) is 22.9. The molecule has 3 aliphatic carbocycles. The van der Waals surface area contributed by atoms with Crippen LogP contribution in [0.15, 0.2) is 54.9 Å². The van der Waals surface area contributed by atoms with Gasteiger partial charge in [-0.3, -0.25) is 14.3 Å². The van der Waals surface area contributed by atoms with Gasteiger partial charge < -0.3 is 20.1 Å². The van der Waals surface area contributed by atoms with E-state index in [-0.39, 0.29) is 18.4 Å². The maximum atomic E-state index is 14.2. The highest BCUT2D eigenvalue weighted by molar-refractivity contribution is 5.94. The van der Waals surface area contributed by atoms with Crippen LogP contribution in [0.3, 0.4) is 0 Å². The normalized spacial score (nSPS) is 22.9. The zero-order valence-electron chi connectivity index (χ0n) is 28.2. The molecule has 252 valence electrons. The Balaban J connectivity index is 1.12. The lowest BCUT2D eigenvalue weighted by atomic mass is 9.77. The summed E-state index contributed by atoms with van der Waals surface area (Å²) in [4.78, 5) is 28.5. The molecule has 0 spiro atoms. The van der Waals surface area contributed by atoms with Gasteiger partial charge in [0.05, 0.1) is 26.0 Å². The van der Waals surface area contributed by atoms with E-state index < -0.39 is 0 Å². The lowest BCUT2D eigenvalue weighted by Gasteiger charge is -2.35. The Labute approximate surface area is 279 Å². The number of hydrogen-bond donors (Lipinski definition) is 2. The van der Waals surface area contributed by atoms with Crippen molar-refractivity contribution in [2.24, 2.45) is 17.8 Å². The number of nitrogens with zero attached hydrogens (tertiary/aromatic N) is 3. The van der Waals surface area contributed by atoms with E-state index in [1.807, 2.05) is 6.20 Å². The molecule has 3 aromatic rings. The van der Waals surface area contributed by atoms with Crippen LogP contribution < -0.4 is 15.0 Å². The number of aryl methyl sites for hydroxylation is 1. The van der Waals surface area contributed by atoms with Crippen molar-refractivity contribution in [3.63, 3.8) is 0 Å². The predicted octanol–water partition coefficient (Wildman–Crippen LogP) is 7.20. The molecule has 2 amide bonds. The van der Waals surface area contributed by atoms with Gasteiger partial charge in [-0.05, 0) is 130 Å². The summed E-state index contributed by atoms with van der Waals surface area (Å²) in [5.74, 6) is 2.88. The van der Waals surface area contributed by atoms with Gasteiger partial charge in [-0.2, -0.15) is 5.10 Å². The average Bonchev–Trinajstić information content (AvgIpc) is 3.83. The summed E-state index contributed by atoms with van der Waals surface area (Å²) in [7, 11) is 1.73. The van der Waals surface area contributed by atoms with Crippen LogP contribution in [0.5, 0.6) is 5.75 Å². The summed E-state index contributed by atoms with van der Waals surface area (Å²) in [6.45, 7) is 3.14. The van der Waals surface area contributed by atoms with E-state index in [1.54, 1.807) is 7.11 Å². The van der Waals surface area contributed by atoms with Crippen LogP contribution in [-0.2, 0) is 9.59 Å². The number of carbonyl (C=O) groups is 2. The number of rotatable bonds is 13. The van der Waals surface area contributed by atoms with Gasteiger partial charge in [-0.1, -0.05) is 24.3 Å². The topological polar surface area (TPSA) is 96.7 Å². The molecule has 0 unspecified atom stereocenters. The van der Waals surface area contributed by atoms with Crippen molar-refractivity contribution >= 4 is 17.5 Å². The third-order valence-corrected chi connectivity index (χ3v) is 10.8. The molecule has 1 aromatic heterocycles. The molecular weight excluding hydrogens is 588 g/mol. The molecule has 0 bridgehead atoms. The average molecular weight is 641 g/mol. The van der Waals surface area contributed by atoms with Crippen molar-refractivity contribution in [3.05, 3.63) is 66.0 Å². The maximum absolute atomic E-state index is 14.2. The van der Waals surface area contributed by atoms with Crippen molar-refractivity contribution in [1.82, 2.24) is 15.1 Å². The first-order valence-corrected chi connectivity index (χ1v) is 17.9. The van der Waals surface area contributed by atoms with Gasteiger partial charge in [0, 0.05) is 43.4 Å². The number of hydrogen-bond acceptors (Lipinski definition) is 5. The number of carbonyl (C=O) groups excluding carboxylic acids is 2. The summed E-state index contributed by atoms with van der Waals surface area (Å²) in [6.07, 6.45) is 15.9. The Bertz CT molecular complexity index is 1500. The number of methoxy groups -OCH3 is 1. The van der Waals surface area contributed by atoms with Gasteiger partial charge in [0.2, 0.25) is 11.8 Å². The Kier molecular flexibility index (Phi) is 11.0. The smallest absolute Gasteiger partial charge is 0.227 e. The van der Waals surface area contributed by atoms with E-state index in [4.69, 9.17) is 9.84 Å². The fourth-order valence-electron chi connectivity index (χ4n) is 7.85. The number of amides is 2. The lowest BCUT2D eigenvalue weighted by Crippen LogP contribution is -2.38. The molecule has 0 aliphatic heterocycles. The molecule has 0 atom stereocenters. The van der Waals surface area contributed by atoms with E-state index in [9.17, 15) is 9.59 Å². The van der Waals surface area contributed by atoms with Gasteiger partial charge in [0.15, 0.2) is 0 Å². The summed E-state index contributed by atoms with van der Waals surface area (Å²) in [6, 6.07) is 15.6. The monoisotopic (exact) mass is 640 g/mol. The van der Waals surface area contributed by atoms with Gasteiger partial charge in [-0.15, -0.1) is 0 Å². The molecular formula is C39H52N4O4. The summed E-state index contributed by atoms with van der Waals surface area (Å²) < 4.78 is 7.57. The molecule has 3 aliphatic rings. The van der Waals surface area contributed by atoms with Crippen LogP contribution in [0, 0.1) is 24.7 Å². The largest absolute Gasteiger partial charge is 0.496 e. The van der Waals surface area contributed by atoms with Crippen molar-refractivity contribution < 1.29 is 19.4 Å². The Hall–Kier alpha value is -3.65. The number of benzene rings is 2. The van der Waals surface area contributed by atoms with Crippen molar-refractivity contribution in [1.29, 1.82) is 0 Å². The molecule has 3 saturated carbocycles. The minimum atomic E-state index is -0.0338. The summed E-state index contributed by atoms with van der Waals surface area (Å²) in [5.41, 5.74) is 5.77. The lowest BCUT2D eigenvalue weighted by molar-refractivity contribution is -0.123. The first kappa shape index (κ1) is 33.3. The summed E-state index contributed by atoms with van der Waals surface area (Å²) >= 11 is 0. The Morgan fingerprint density at radius 3 is 2.32 bits per heavy atom. The minimum Gasteiger partial charge on any atom is -0.496 e. The number of aromatic nitrogens is 2. The molecule has 2 aromatic carbocycles. The minimum absolute atomic E-state index is 0.0177. The van der Waals surface area contributed by atoms with Crippen LogP contribution in [0.1, 0.15) is 100 Å². The fourth-order valence-corrected chi connectivity index (χ4v) is 7.85. The van der Waals surface area contributed by atoms with E-state index >= 15 is 0 Å². The van der Waals surface area contributed by atoms with Gasteiger partial charge in [-0.25, -0.2) is 0 Å². The number of nitrogens with one attached hydrogen (secondary N) is 1. The zero-order chi connectivity index (χ0) is 32.8. The van der Waals surface area contributed by atoms with Crippen molar-refractivity contribution in [2.45, 2.75) is 95.9 Å². The standard InChI is InChI=1S/C39H52N4O4/c1-27-20-33(14-17-37(27)47-2)31-12-10-30(11-13-31)25-42(36-5-3-4-32(23-36)34-24-41-43(26-34)35-15-16-35)39(46)22-29-8-6-28(7-9-29)21-38(45)40-18-19-44/h3-5,14,17,20,23-24,26,28-31,35,44H,6-13,15-16,18-19,21-22,25H2,1-2H3,(H,40,45). The van der Waals surface area contributed by atoms with E-state index in [1.165, 1.54) is 24.0 Å². The molecule has 3 fully saturated rings.